The van der Waals surface area contributed by atoms with E-state index >= 15 is 0 Å². The summed E-state index contributed by atoms with van der Waals surface area (Å²) in [6.07, 6.45) is 2.53. The number of hydrogen-bond acceptors (Lipinski definition) is 5. The molecule has 8 heteroatoms. The zero-order chi connectivity index (χ0) is 19.7. The molecule has 144 valence electrons. The van der Waals surface area contributed by atoms with Gasteiger partial charge in [-0.15, -0.1) is 0 Å². The Labute approximate surface area is 160 Å². The van der Waals surface area contributed by atoms with Gasteiger partial charge in [0.2, 0.25) is 5.91 Å². The maximum atomic E-state index is 12.7. The molecule has 4 rings (SSSR count). The molecule has 0 bridgehead atoms. The minimum atomic E-state index is -0.191. The molecule has 0 spiro atoms. The number of hydrogen-bond donors (Lipinski definition) is 1. The number of aryl methyl sites for hydroxylation is 3. The Kier molecular flexibility index (Phi) is 4.68. The lowest BCUT2D eigenvalue weighted by molar-refractivity contribution is -0.121. The molecule has 0 fully saturated rings. The molecule has 28 heavy (non-hydrogen) atoms. The number of amides is 1. The van der Waals surface area contributed by atoms with E-state index in [9.17, 15) is 9.59 Å². The molecule has 0 saturated heterocycles. The average Bonchev–Trinajstić information content (AvgIpc) is 3.21. The van der Waals surface area contributed by atoms with Crippen molar-refractivity contribution < 1.29 is 9.21 Å². The van der Waals surface area contributed by atoms with Crippen LogP contribution in [0, 0.1) is 13.8 Å². The number of carbonyl (C=O) groups excluding carboxylic acids is 1. The SMILES string of the molecule is Cc1cc2c(cc3c(=O)n(CCCC(=O)NCc4ccccn4)nc(C)n32)o1. The molecule has 0 atom stereocenters. The quantitative estimate of drug-likeness (QED) is 0.555. The molecule has 0 radical (unpaired) electrons. The predicted molar refractivity (Wildman–Crippen MR) is 104 cm³/mol. The summed E-state index contributed by atoms with van der Waals surface area (Å²) in [4.78, 5) is 28.9. The van der Waals surface area contributed by atoms with Crippen LogP contribution in [0.25, 0.3) is 16.6 Å². The molecule has 0 aliphatic heterocycles. The Bertz CT molecular complexity index is 1200. The van der Waals surface area contributed by atoms with Gasteiger partial charge in [-0.2, -0.15) is 5.10 Å². The van der Waals surface area contributed by atoms with E-state index in [2.05, 4.69) is 15.4 Å². The summed E-state index contributed by atoms with van der Waals surface area (Å²) in [5.41, 5.74) is 2.66. The largest absolute Gasteiger partial charge is 0.460 e. The summed E-state index contributed by atoms with van der Waals surface area (Å²) in [5, 5.41) is 7.24. The Hall–Kier alpha value is -3.42. The lowest BCUT2D eigenvalue weighted by Crippen LogP contribution is -2.28. The number of aromatic nitrogens is 4. The average molecular weight is 379 g/mol. The molecule has 0 saturated carbocycles. The van der Waals surface area contributed by atoms with E-state index in [1.807, 2.05) is 42.5 Å². The van der Waals surface area contributed by atoms with E-state index in [4.69, 9.17) is 4.42 Å². The smallest absolute Gasteiger partial charge is 0.291 e. The topological polar surface area (TPSA) is 94.4 Å². The first-order valence-electron chi connectivity index (χ1n) is 9.19. The van der Waals surface area contributed by atoms with Gasteiger partial charge in [0.25, 0.3) is 5.56 Å². The second-order valence-corrected chi connectivity index (χ2v) is 6.75. The summed E-state index contributed by atoms with van der Waals surface area (Å²) < 4.78 is 8.85. The van der Waals surface area contributed by atoms with E-state index in [1.54, 1.807) is 12.3 Å². The van der Waals surface area contributed by atoms with E-state index in [1.165, 1.54) is 4.68 Å². The zero-order valence-electron chi connectivity index (χ0n) is 15.8. The van der Waals surface area contributed by atoms with Crippen LogP contribution >= 0.6 is 0 Å². The first kappa shape index (κ1) is 18.0. The second kappa shape index (κ2) is 7.30. The fraction of sp³-hybridized carbons (Fsp3) is 0.300. The molecule has 1 amide bonds. The van der Waals surface area contributed by atoms with E-state index < -0.39 is 0 Å². The summed E-state index contributed by atoms with van der Waals surface area (Å²) in [5.74, 6) is 1.41. The third kappa shape index (κ3) is 3.40. The Morgan fingerprint density at radius 2 is 2.07 bits per heavy atom. The molecule has 0 aliphatic rings. The molecule has 4 heterocycles. The van der Waals surface area contributed by atoms with Gasteiger partial charge in [-0.05, 0) is 32.4 Å². The highest BCUT2D eigenvalue weighted by atomic mass is 16.3. The van der Waals surface area contributed by atoms with Crippen LogP contribution in [0.5, 0.6) is 0 Å². The van der Waals surface area contributed by atoms with E-state index in [0.29, 0.717) is 42.9 Å². The lowest BCUT2D eigenvalue weighted by atomic mass is 10.3. The van der Waals surface area contributed by atoms with Crippen molar-refractivity contribution in [1.82, 2.24) is 24.5 Å². The third-order valence-electron chi connectivity index (χ3n) is 4.62. The molecule has 4 aromatic heterocycles. The highest BCUT2D eigenvalue weighted by molar-refractivity contribution is 5.83. The molecule has 0 unspecified atom stereocenters. The van der Waals surface area contributed by atoms with Crippen LogP contribution in [0.3, 0.4) is 0 Å². The normalized spacial score (nSPS) is 11.4. The Balaban J connectivity index is 1.43. The van der Waals surface area contributed by atoms with Gasteiger partial charge < -0.3 is 9.73 Å². The van der Waals surface area contributed by atoms with Gasteiger partial charge >= 0.3 is 0 Å². The number of fused-ring (bicyclic) bond motifs is 3. The van der Waals surface area contributed by atoms with Crippen molar-refractivity contribution in [1.29, 1.82) is 0 Å². The van der Waals surface area contributed by atoms with E-state index in [-0.39, 0.29) is 11.5 Å². The molecule has 1 N–H and O–H groups in total. The van der Waals surface area contributed by atoms with Crippen LogP contribution in [0.15, 0.2) is 45.7 Å². The maximum Gasteiger partial charge on any atom is 0.291 e. The fourth-order valence-corrected chi connectivity index (χ4v) is 3.34. The second-order valence-electron chi connectivity index (χ2n) is 6.75. The zero-order valence-corrected chi connectivity index (χ0v) is 15.8. The Morgan fingerprint density at radius 3 is 2.86 bits per heavy atom. The number of rotatable bonds is 6. The highest BCUT2D eigenvalue weighted by Gasteiger charge is 2.15. The fourth-order valence-electron chi connectivity index (χ4n) is 3.34. The lowest BCUT2D eigenvalue weighted by Gasteiger charge is -2.08. The van der Waals surface area contributed by atoms with Gasteiger partial charge in [0.1, 0.15) is 17.1 Å². The van der Waals surface area contributed by atoms with Crippen LogP contribution in [-0.4, -0.2) is 25.1 Å². The first-order valence-corrected chi connectivity index (χ1v) is 9.19. The predicted octanol–water partition coefficient (Wildman–Crippen LogP) is 2.35. The Morgan fingerprint density at radius 1 is 1.21 bits per heavy atom. The minimum absolute atomic E-state index is 0.0767. The standard InChI is InChI=1S/C20H21N5O3/c1-13-10-16-18(28-13)11-17-20(27)24(23-14(2)25(16)17)9-5-7-19(26)22-12-15-6-3-4-8-21-15/h3-4,6,8,10-11H,5,7,9,12H2,1-2H3,(H,22,26). The maximum absolute atomic E-state index is 12.7. The molecular formula is C20H21N5O3. The number of furan rings is 1. The van der Waals surface area contributed by atoms with Crippen molar-refractivity contribution in [2.75, 3.05) is 0 Å². The monoisotopic (exact) mass is 379 g/mol. The molecular weight excluding hydrogens is 358 g/mol. The summed E-state index contributed by atoms with van der Waals surface area (Å²) in [6, 6.07) is 9.21. The highest BCUT2D eigenvalue weighted by Crippen LogP contribution is 2.22. The summed E-state index contributed by atoms with van der Waals surface area (Å²) >= 11 is 0. The van der Waals surface area contributed by atoms with Crippen LogP contribution in [-0.2, 0) is 17.9 Å². The van der Waals surface area contributed by atoms with Crippen molar-refractivity contribution in [3.8, 4) is 0 Å². The van der Waals surface area contributed by atoms with Crippen molar-refractivity contribution in [3.05, 3.63) is 64.2 Å². The number of nitrogens with one attached hydrogen (secondary N) is 1. The first-order chi connectivity index (χ1) is 13.5. The minimum Gasteiger partial charge on any atom is -0.460 e. The molecule has 0 aromatic carbocycles. The van der Waals surface area contributed by atoms with Gasteiger partial charge in [0.05, 0.1) is 17.8 Å². The van der Waals surface area contributed by atoms with Crippen LogP contribution in [0.2, 0.25) is 0 Å². The number of pyridine rings is 1. The van der Waals surface area contributed by atoms with Gasteiger partial charge in [0.15, 0.2) is 5.58 Å². The van der Waals surface area contributed by atoms with Crippen molar-refractivity contribution >= 4 is 22.5 Å². The molecule has 0 aliphatic carbocycles. The van der Waals surface area contributed by atoms with Crippen molar-refractivity contribution in [2.45, 2.75) is 39.8 Å². The van der Waals surface area contributed by atoms with Gasteiger partial charge in [-0.3, -0.25) is 19.0 Å². The van der Waals surface area contributed by atoms with Gasteiger partial charge in [0, 0.05) is 31.3 Å². The summed E-state index contributed by atoms with van der Waals surface area (Å²) in [7, 11) is 0. The van der Waals surface area contributed by atoms with Crippen LogP contribution in [0.4, 0.5) is 0 Å². The third-order valence-corrected chi connectivity index (χ3v) is 4.62. The van der Waals surface area contributed by atoms with Crippen LogP contribution < -0.4 is 10.9 Å². The van der Waals surface area contributed by atoms with Gasteiger partial charge in [-0.25, -0.2) is 4.68 Å². The van der Waals surface area contributed by atoms with Crippen molar-refractivity contribution in [3.63, 3.8) is 0 Å². The number of carbonyl (C=O) groups is 1. The van der Waals surface area contributed by atoms with Gasteiger partial charge in [-0.1, -0.05) is 6.07 Å². The molecule has 8 nitrogen and oxygen atoms in total. The molecule has 4 aromatic rings. The van der Waals surface area contributed by atoms with Crippen molar-refractivity contribution in [2.24, 2.45) is 0 Å². The number of nitrogens with zero attached hydrogens (tertiary/aromatic N) is 4. The van der Waals surface area contributed by atoms with Crippen LogP contribution in [0.1, 0.15) is 30.1 Å². The summed E-state index contributed by atoms with van der Waals surface area (Å²) in [6.45, 7) is 4.49. The van der Waals surface area contributed by atoms with E-state index in [0.717, 1.165) is 17.0 Å².